The number of rotatable bonds is 4. The summed E-state index contributed by atoms with van der Waals surface area (Å²) >= 11 is 0. The monoisotopic (exact) mass is 301 g/mol. The topological polar surface area (TPSA) is 125 Å². The van der Waals surface area contributed by atoms with Crippen LogP contribution in [0.3, 0.4) is 0 Å². The minimum atomic E-state index is -3.60. The van der Waals surface area contributed by atoms with E-state index in [0.29, 0.717) is 31.6 Å². The van der Waals surface area contributed by atoms with E-state index in [1.807, 2.05) is 6.92 Å². The zero-order chi connectivity index (χ0) is 14.8. The van der Waals surface area contributed by atoms with Gasteiger partial charge in [0.15, 0.2) is 5.03 Å². The van der Waals surface area contributed by atoms with Crippen molar-refractivity contribution in [3.63, 3.8) is 0 Å². The molecule has 9 heteroatoms. The number of oxime groups is 1. The maximum Gasteiger partial charge on any atom is 0.260 e. The van der Waals surface area contributed by atoms with E-state index in [4.69, 9.17) is 10.9 Å². The Morgan fingerprint density at radius 3 is 3.05 bits per heavy atom. The van der Waals surface area contributed by atoms with Crippen LogP contribution in [0.5, 0.6) is 0 Å². The number of piperidine rings is 1. The van der Waals surface area contributed by atoms with Gasteiger partial charge in [-0.3, -0.25) is 0 Å². The van der Waals surface area contributed by atoms with Crippen LogP contribution in [-0.4, -0.2) is 46.8 Å². The lowest BCUT2D eigenvalue weighted by Gasteiger charge is -2.30. The van der Waals surface area contributed by atoms with Gasteiger partial charge in [-0.15, -0.1) is 0 Å². The molecule has 20 heavy (non-hydrogen) atoms. The summed E-state index contributed by atoms with van der Waals surface area (Å²) in [6.07, 6.45) is 3.36. The molecular formula is C11H19N5O3S. The van der Waals surface area contributed by atoms with E-state index < -0.39 is 10.0 Å². The molecule has 1 atom stereocenters. The first-order chi connectivity index (χ1) is 9.48. The van der Waals surface area contributed by atoms with E-state index in [2.05, 4.69) is 15.1 Å². The van der Waals surface area contributed by atoms with Crippen LogP contribution in [0.15, 0.2) is 16.4 Å². The summed E-state index contributed by atoms with van der Waals surface area (Å²) < 4.78 is 26.3. The summed E-state index contributed by atoms with van der Waals surface area (Å²) in [4.78, 5) is 6.82. The summed E-state index contributed by atoms with van der Waals surface area (Å²) in [5, 5.41) is 11.8. The fraction of sp³-hybridized carbons (Fsp3) is 0.636. The predicted octanol–water partition coefficient (Wildman–Crippen LogP) is 0.119. The molecule has 1 fully saturated rings. The minimum absolute atomic E-state index is 0.0729. The van der Waals surface area contributed by atoms with Crippen LogP contribution in [0.25, 0.3) is 0 Å². The molecule has 1 aromatic rings. The summed E-state index contributed by atoms with van der Waals surface area (Å²) in [5.41, 5.74) is 5.58. The molecule has 2 heterocycles. The second-order valence-electron chi connectivity index (χ2n) is 4.77. The van der Waals surface area contributed by atoms with Gasteiger partial charge in [0.2, 0.25) is 0 Å². The molecule has 0 spiro atoms. The van der Waals surface area contributed by atoms with Gasteiger partial charge < -0.3 is 15.9 Å². The molecule has 0 aliphatic carbocycles. The van der Waals surface area contributed by atoms with Gasteiger partial charge in [-0.1, -0.05) is 12.1 Å². The van der Waals surface area contributed by atoms with Gasteiger partial charge in [-0.05, 0) is 12.8 Å². The molecule has 1 aromatic heterocycles. The molecule has 2 rings (SSSR count). The van der Waals surface area contributed by atoms with Crippen LogP contribution in [-0.2, 0) is 16.4 Å². The Morgan fingerprint density at radius 1 is 1.70 bits per heavy atom. The van der Waals surface area contributed by atoms with E-state index in [9.17, 15) is 8.42 Å². The van der Waals surface area contributed by atoms with E-state index in [1.54, 1.807) is 0 Å². The lowest BCUT2D eigenvalue weighted by Crippen LogP contribution is -2.44. The Hall–Kier alpha value is -1.61. The zero-order valence-electron chi connectivity index (χ0n) is 11.3. The SMILES string of the molecule is CCc1ncc(S(=O)(=O)N2CCCC(C(N)=NO)C2)[nH]1. The Balaban J connectivity index is 2.21. The van der Waals surface area contributed by atoms with Crippen LogP contribution in [0.4, 0.5) is 0 Å². The number of nitrogens with two attached hydrogens (primary N) is 1. The zero-order valence-corrected chi connectivity index (χ0v) is 12.1. The van der Waals surface area contributed by atoms with Crippen LogP contribution >= 0.6 is 0 Å². The molecule has 0 saturated carbocycles. The van der Waals surface area contributed by atoms with Gasteiger partial charge in [0.25, 0.3) is 10.0 Å². The van der Waals surface area contributed by atoms with Crippen LogP contribution in [0.2, 0.25) is 0 Å². The van der Waals surface area contributed by atoms with Crippen molar-refractivity contribution in [3.05, 3.63) is 12.0 Å². The maximum absolute atomic E-state index is 12.5. The highest BCUT2D eigenvalue weighted by Crippen LogP contribution is 2.23. The average molecular weight is 301 g/mol. The molecule has 1 aliphatic rings. The van der Waals surface area contributed by atoms with Crippen molar-refractivity contribution in [1.82, 2.24) is 14.3 Å². The third kappa shape index (κ3) is 2.78. The highest BCUT2D eigenvalue weighted by Gasteiger charge is 2.33. The summed E-state index contributed by atoms with van der Waals surface area (Å²) in [6.45, 7) is 2.54. The molecule has 112 valence electrons. The molecule has 1 aliphatic heterocycles. The number of aromatic nitrogens is 2. The number of sulfonamides is 1. The number of amidine groups is 1. The molecule has 0 aromatic carbocycles. The van der Waals surface area contributed by atoms with Gasteiger partial charge in [0, 0.05) is 25.4 Å². The van der Waals surface area contributed by atoms with E-state index in [0.717, 1.165) is 0 Å². The van der Waals surface area contributed by atoms with Gasteiger partial charge in [-0.25, -0.2) is 13.4 Å². The highest BCUT2D eigenvalue weighted by molar-refractivity contribution is 7.89. The maximum atomic E-state index is 12.5. The Kier molecular flexibility index (Phi) is 4.29. The van der Waals surface area contributed by atoms with Crippen molar-refractivity contribution in [2.75, 3.05) is 13.1 Å². The highest BCUT2D eigenvalue weighted by atomic mass is 32.2. The number of aromatic amines is 1. The lowest BCUT2D eigenvalue weighted by atomic mass is 9.99. The normalized spacial score (nSPS) is 22.1. The summed E-state index contributed by atoms with van der Waals surface area (Å²) in [5.74, 6) is 0.453. The molecule has 8 nitrogen and oxygen atoms in total. The first-order valence-electron chi connectivity index (χ1n) is 6.50. The fourth-order valence-corrected chi connectivity index (χ4v) is 3.73. The number of hydrogen-bond donors (Lipinski definition) is 3. The third-order valence-corrected chi connectivity index (χ3v) is 5.25. The lowest BCUT2D eigenvalue weighted by molar-refractivity contribution is 0.287. The number of nitrogens with one attached hydrogen (secondary N) is 1. The van der Waals surface area contributed by atoms with E-state index in [1.165, 1.54) is 10.5 Å². The van der Waals surface area contributed by atoms with E-state index in [-0.39, 0.29) is 23.3 Å². The van der Waals surface area contributed by atoms with Crippen molar-refractivity contribution in [2.45, 2.75) is 31.2 Å². The van der Waals surface area contributed by atoms with Crippen molar-refractivity contribution in [1.29, 1.82) is 0 Å². The number of imidazole rings is 1. The Morgan fingerprint density at radius 2 is 2.45 bits per heavy atom. The minimum Gasteiger partial charge on any atom is -0.409 e. The first-order valence-corrected chi connectivity index (χ1v) is 7.94. The van der Waals surface area contributed by atoms with Gasteiger partial charge in [-0.2, -0.15) is 4.31 Å². The third-order valence-electron chi connectivity index (χ3n) is 3.48. The van der Waals surface area contributed by atoms with E-state index >= 15 is 0 Å². The number of aryl methyl sites for hydroxylation is 1. The quantitative estimate of drug-likeness (QED) is 0.315. The molecular weight excluding hydrogens is 282 g/mol. The van der Waals surface area contributed by atoms with Crippen molar-refractivity contribution in [3.8, 4) is 0 Å². The number of H-pyrrole nitrogens is 1. The predicted molar refractivity (Wildman–Crippen MR) is 72.9 cm³/mol. The Labute approximate surface area is 117 Å². The molecule has 1 saturated heterocycles. The van der Waals surface area contributed by atoms with Crippen LogP contribution in [0.1, 0.15) is 25.6 Å². The summed E-state index contributed by atoms with van der Waals surface area (Å²) in [7, 11) is -3.60. The van der Waals surface area contributed by atoms with Crippen molar-refractivity contribution < 1.29 is 13.6 Å². The second-order valence-corrected chi connectivity index (χ2v) is 6.68. The van der Waals surface area contributed by atoms with Crippen LogP contribution < -0.4 is 5.73 Å². The van der Waals surface area contributed by atoms with Gasteiger partial charge in [0.05, 0.1) is 6.20 Å². The molecule has 0 radical (unpaired) electrons. The molecule has 0 amide bonds. The molecule has 0 bridgehead atoms. The average Bonchev–Trinajstić information content (AvgIpc) is 2.96. The van der Waals surface area contributed by atoms with Crippen molar-refractivity contribution in [2.24, 2.45) is 16.8 Å². The second kappa shape index (κ2) is 5.80. The molecule has 4 N–H and O–H groups in total. The van der Waals surface area contributed by atoms with Crippen molar-refractivity contribution >= 4 is 15.9 Å². The molecule has 1 unspecified atom stereocenters. The smallest absolute Gasteiger partial charge is 0.260 e. The van der Waals surface area contributed by atoms with Gasteiger partial charge >= 0.3 is 0 Å². The summed E-state index contributed by atoms with van der Waals surface area (Å²) in [6, 6.07) is 0. The Bertz CT molecular complexity index is 595. The number of nitrogens with zero attached hydrogens (tertiary/aromatic N) is 3. The largest absolute Gasteiger partial charge is 0.409 e. The van der Waals surface area contributed by atoms with Crippen LogP contribution in [0, 0.1) is 5.92 Å². The fourth-order valence-electron chi connectivity index (χ4n) is 2.28. The first kappa shape index (κ1) is 14.8. The van der Waals surface area contributed by atoms with Gasteiger partial charge in [0.1, 0.15) is 11.7 Å². The number of hydrogen-bond acceptors (Lipinski definition) is 5. The standard InChI is InChI=1S/C11H19N5O3S/c1-2-9-13-6-10(14-9)20(18,19)16-5-3-4-8(7-16)11(12)15-17/h6,8,17H,2-5,7H2,1H3,(H2,12,15)(H,13,14).